The van der Waals surface area contributed by atoms with Crippen LogP contribution in [0.25, 0.3) is 0 Å². The lowest BCUT2D eigenvalue weighted by molar-refractivity contribution is -0.908. The Labute approximate surface area is 117 Å². The molecular weight excluding hydrogens is 266 g/mol. The maximum Gasteiger partial charge on any atom is 0.500 e. The number of hydrogen-bond acceptors (Lipinski definition) is 5. The zero-order chi connectivity index (χ0) is 15.1. The topological polar surface area (TPSA) is 67.8 Å². The number of aliphatic carboxylic acids is 1. The summed E-state index contributed by atoms with van der Waals surface area (Å²) in [5, 5.41) is 11.1. The van der Waals surface area contributed by atoms with Crippen molar-refractivity contribution in [3.05, 3.63) is 0 Å². The molecule has 0 aliphatic carbocycles. The first-order valence-electron chi connectivity index (χ1n) is 6.47. The number of carbonyl (C=O) groups is 1. The maximum absolute atomic E-state index is 11.1. The summed E-state index contributed by atoms with van der Waals surface area (Å²) in [5.41, 5.74) is 0. The van der Waals surface area contributed by atoms with Crippen molar-refractivity contribution in [3.8, 4) is 0 Å². The van der Waals surface area contributed by atoms with E-state index in [1.165, 1.54) is 0 Å². The van der Waals surface area contributed by atoms with Crippen LogP contribution in [-0.4, -0.2) is 67.3 Å². The highest BCUT2D eigenvalue weighted by Gasteiger charge is 2.38. The number of nitrogens with zero attached hydrogens (tertiary/aromatic N) is 1. The highest BCUT2D eigenvalue weighted by Crippen LogP contribution is 2.18. The molecule has 19 heavy (non-hydrogen) atoms. The van der Waals surface area contributed by atoms with Gasteiger partial charge in [0.2, 0.25) is 0 Å². The lowest BCUT2D eigenvalue weighted by Gasteiger charge is -2.38. The van der Waals surface area contributed by atoms with Crippen LogP contribution in [0.15, 0.2) is 0 Å². The Balaban J connectivity index is 4.50. The highest BCUT2D eigenvalue weighted by molar-refractivity contribution is 6.60. The summed E-state index contributed by atoms with van der Waals surface area (Å²) in [4.78, 5) is 11.1. The molecule has 7 heteroatoms. The predicted octanol–water partition coefficient (Wildman–Crippen LogP) is -0.140. The van der Waals surface area contributed by atoms with Crippen LogP contribution in [0.1, 0.15) is 19.8 Å². The van der Waals surface area contributed by atoms with Crippen molar-refractivity contribution in [3.63, 3.8) is 0 Å². The van der Waals surface area contributed by atoms with E-state index >= 15 is 0 Å². The standard InChI is InChI=1S/C12H27NO5Si/c1-7-11(12(14)15)13(2,3)9-8-10-19(16-4,17-5)18-6/h11H,7-10H2,1-6H3. The highest BCUT2D eigenvalue weighted by atomic mass is 28.4. The smallest absolute Gasteiger partial charge is 0.500 e. The van der Waals surface area contributed by atoms with Crippen molar-refractivity contribution in [1.29, 1.82) is 0 Å². The number of carbonyl (C=O) groups excluding carboxylic acids is 1. The second-order valence-corrected chi connectivity index (χ2v) is 8.24. The molecule has 1 unspecified atom stereocenters. The summed E-state index contributed by atoms with van der Waals surface area (Å²) in [6.07, 6.45) is 1.33. The number of hydrogen-bond donors (Lipinski definition) is 0. The molecule has 0 radical (unpaired) electrons. The Kier molecular flexibility index (Phi) is 7.76. The zero-order valence-electron chi connectivity index (χ0n) is 12.9. The van der Waals surface area contributed by atoms with E-state index in [2.05, 4.69) is 0 Å². The number of carboxylic acids is 1. The minimum atomic E-state index is -2.56. The van der Waals surface area contributed by atoms with Crippen LogP contribution in [-0.2, 0) is 18.1 Å². The van der Waals surface area contributed by atoms with Gasteiger partial charge in [-0.1, -0.05) is 6.92 Å². The van der Waals surface area contributed by atoms with Crippen LogP contribution in [0.2, 0.25) is 6.04 Å². The number of rotatable bonds is 10. The third-order valence-electron chi connectivity index (χ3n) is 3.65. The van der Waals surface area contributed by atoms with E-state index in [1.807, 2.05) is 21.0 Å². The quantitative estimate of drug-likeness (QED) is 0.414. The van der Waals surface area contributed by atoms with E-state index < -0.39 is 20.8 Å². The summed E-state index contributed by atoms with van der Waals surface area (Å²) in [5.74, 6) is -0.999. The van der Waals surface area contributed by atoms with Crippen molar-refractivity contribution in [2.75, 3.05) is 42.0 Å². The van der Waals surface area contributed by atoms with Crippen molar-refractivity contribution >= 4 is 14.8 Å². The summed E-state index contributed by atoms with van der Waals surface area (Å²) in [6.45, 7) is 2.57. The molecule has 0 heterocycles. The molecule has 0 aliphatic heterocycles. The van der Waals surface area contributed by atoms with Gasteiger partial charge in [0.05, 0.1) is 26.6 Å². The Morgan fingerprint density at radius 2 is 1.68 bits per heavy atom. The summed E-state index contributed by atoms with van der Waals surface area (Å²) in [7, 11) is 5.98. The van der Waals surface area contributed by atoms with Crippen molar-refractivity contribution < 1.29 is 27.7 Å². The summed E-state index contributed by atoms with van der Waals surface area (Å²) < 4.78 is 16.4. The SMILES string of the molecule is CCC(C(=O)[O-])[N+](C)(C)CCC[Si](OC)(OC)OC. The van der Waals surface area contributed by atoms with Gasteiger partial charge in [-0.05, 0) is 0 Å². The molecule has 0 fully saturated rings. The van der Waals surface area contributed by atoms with Crippen LogP contribution >= 0.6 is 0 Å². The van der Waals surface area contributed by atoms with Gasteiger partial charge in [0.15, 0.2) is 0 Å². The number of carboxylic acid groups (broad SMARTS) is 1. The van der Waals surface area contributed by atoms with Gasteiger partial charge in [-0.3, -0.25) is 0 Å². The molecule has 0 N–H and O–H groups in total. The van der Waals surface area contributed by atoms with Gasteiger partial charge in [0.1, 0.15) is 6.04 Å². The average molecular weight is 293 g/mol. The Morgan fingerprint density at radius 3 is 2.00 bits per heavy atom. The predicted molar refractivity (Wildman–Crippen MR) is 72.3 cm³/mol. The molecule has 0 aromatic heterocycles. The van der Waals surface area contributed by atoms with Gasteiger partial charge in [0, 0.05) is 40.2 Å². The lowest BCUT2D eigenvalue weighted by Crippen LogP contribution is -2.57. The number of quaternary nitrogens is 1. The minimum absolute atomic E-state index is 0.389. The second-order valence-electron chi connectivity index (χ2n) is 5.14. The van der Waals surface area contributed by atoms with Gasteiger partial charge in [-0.2, -0.15) is 0 Å². The van der Waals surface area contributed by atoms with E-state index in [0.717, 1.165) is 6.42 Å². The van der Waals surface area contributed by atoms with Crippen LogP contribution in [0.5, 0.6) is 0 Å². The Bertz CT molecular complexity index is 273. The molecule has 0 aliphatic rings. The molecule has 0 saturated heterocycles. The third kappa shape index (κ3) is 5.19. The fourth-order valence-corrected chi connectivity index (χ4v) is 4.06. The monoisotopic (exact) mass is 293 g/mol. The van der Waals surface area contributed by atoms with Crippen LogP contribution < -0.4 is 5.11 Å². The van der Waals surface area contributed by atoms with E-state index in [0.29, 0.717) is 23.5 Å². The largest absolute Gasteiger partial charge is 0.544 e. The molecular formula is C12H27NO5Si. The van der Waals surface area contributed by atoms with Crippen molar-refractivity contribution in [2.24, 2.45) is 0 Å². The van der Waals surface area contributed by atoms with E-state index in [9.17, 15) is 9.90 Å². The molecule has 0 aromatic carbocycles. The summed E-state index contributed by atoms with van der Waals surface area (Å²) >= 11 is 0. The molecule has 6 nitrogen and oxygen atoms in total. The van der Waals surface area contributed by atoms with Crippen LogP contribution in [0.3, 0.4) is 0 Å². The first-order chi connectivity index (χ1) is 8.78. The fraction of sp³-hybridized carbons (Fsp3) is 0.917. The van der Waals surface area contributed by atoms with Gasteiger partial charge < -0.3 is 27.7 Å². The first-order valence-corrected chi connectivity index (χ1v) is 8.40. The minimum Gasteiger partial charge on any atom is -0.544 e. The molecule has 0 rings (SSSR count). The third-order valence-corrected chi connectivity index (χ3v) is 6.48. The molecule has 0 amide bonds. The lowest BCUT2D eigenvalue weighted by atomic mass is 10.1. The fourth-order valence-electron chi connectivity index (χ4n) is 2.36. The number of likely N-dealkylation sites (N-methyl/N-ethyl adjacent to an activating group) is 1. The molecule has 0 aromatic rings. The van der Waals surface area contributed by atoms with Gasteiger partial charge in [-0.25, -0.2) is 0 Å². The molecule has 0 bridgehead atoms. The zero-order valence-corrected chi connectivity index (χ0v) is 13.9. The average Bonchev–Trinajstić information content (AvgIpc) is 2.35. The van der Waals surface area contributed by atoms with Crippen molar-refractivity contribution in [1.82, 2.24) is 0 Å². The molecule has 0 spiro atoms. The van der Waals surface area contributed by atoms with Crippen LogP contribution in [0, 0.1) is 0 Å². The first kappa shape index (κ1) is 18.5. The van der Waals surface area contributed by atoms with Crippen molar-refractivity contribution in [2.45, 2.75) is 31.9 Å². The van der Waals surface area contributed by atoms with Crippen LogP contribution in [0.4, 0.5) is 0 Å². The molecule has 114 valence electrons. The molecule has 0 saturated carbocycles. The van der Waals surface area contributed by atoms with Gasteiger partial charge in [-0.15, -0.1) is 0 Å². The summed E-state index contributed by atoms with van der Waals surface area (Å²) in [6, 6.07) is 0.172. The molecule has 1 atom stereocenters. The Hall–Kier alpha value is -0.473. The van der Waals surface area contributed by atoms with E-state index in [-0.39, 0.29) is 0 Å². The van der Waals surface area contributed by atoms with E-state index in [4.69, 9.17) is 13.3 Å². The van der Waals surface area contributed by atoms with Gasteiger partial charge >= 0.3 is 8.80 Å². The Morgan fingerprint density at radius 1 is 1.21 bits per heavy atom. The van der Waals surface area contributed by atoms with Gasteiger partial charge in [0.25, 0.3) is 0 Å². The van der Waals surface area contributed by atoms with E-state index in [1.54, 1.807) is 21.3 Å². The maximum atomic E-state index is 11.1. The normalized spacial score (nSPS) is 14.4. The second kappa shape index (κ2) is 7.96.